The fourth-order valence-corrected chi connectivity index (χ4v) is 2.22. The van der Waals surface area contributed by atoms with Crippen LogP contribution in [0.3, 0.4) is 0 Å². The summed E-state index contributed by atoms with van der Waals surface area (Å²) >= 11 is 0. The minimum atomic E-state index is -1.64. The Balaban J connectivity index is 2.09. The number of hydrogen-bond donors (Lipinski definition) is 1. The molecule has 6 heteroatoms. The standard InChI is InChI=1S/C13H14F3NO2/c1-17(6-7-4-8(18)5-7)13(19)9-2-3-10(14)12(16)11(9)15/h2-3,7-8,18H,4-6H2,1H3. The molecule has 1 aliphatic rings. The second-order valence-corrected chi connectivity index (χ2v) is 4.90. The van der Waals surface area contributed by atoms with Gasteiger partial charge in [-0.3, -0.25) is 4.79 Å². The number of carbonyl (C=O) groups is 1. The van der Waals surface area contributed by atoms with E-state index < -0.39 is 28.9 Å². The molecular weight excluding hydrogens is 259 g/mol. The number of hydrogen-bond acceptors (Lipinski definition) is 2. The van der Waals surface area contributed by atoms with Crippen molar-refractivity contribution in [1.29, 1.82) is 0 Å². The molecule has 0 aliphatic heterocycles. The van der Waals surface area contributed by atoms with E-state index in [1.54, 1.807) is 0 Å². The van der Waals surface area contributed by atoms with Gasteiger partial charge in [-0.15, -0.1) is 0 Å². The number of benzene rings is 1. The molecule has 1 aromatic carbocycles. The zero-order valence-corrected chi connectivity index (χ0v) is 10.4. The van der Waals surface area contributed by atoms with Crippen LogP contribution in [-0.4, -0.2) is 35.6 Å². The van der Waals surface area contributed by atoms with Gasteiger partial charge in [0.25, 0.3) is 5.91 Å². The molecular formula is C13H14F3NO2. The molecule has 0 aromatic heterocycles. The van der Waals surface area contributed by atoms with Crippen molar-refractivity contribution in [1.82, 2.24) is 4.90 Å². The van der Waals surface area contributed by atoms with Crippen LogP contribution >= 0.6 is 0 Å². The highest BCUT2D eigenvalue weighted by Crippen LogP contribution is 2.28. The smallest absolute Gasteiger partial charge is 0.256 e. The molecule has 1 saturated carbocycles. The van der Waals surface area contributed by atoms with Crippen molar-refractivity contribution in [3.05, 3.63) is 35.1 Å². The number of aliphatic hydroxyl groups excluding tert-OH is 1. The first-order valence-electron chi connectivity index (χ1n) is 5.97. The number of carbonyl (C=O) groups excluding carboxylic acids is 1. The van der Waals surface area contributed by atoms with Crippen LogP contribution < -0.4 is 0 Å². The van der Waals surface area contributed by atoms with Crippen LogP contribution in [0.15, 0.2) is 12.1 Å². The van der Waals surface area contributed by atoms with Gasteiger partial charge in [-0.05, 0) is 30.9 Å². The van der Waals surface area contributed by atoms with Crippen molar-refractivity contribution >= 4 is 5.91 Å². The third-order valence-electron chi connectivity index (χ3n) is 3.36. The number of rotatable bonds is 3. The predicted octanol–water partition coefficient (Wildman–Crippen LogP) is 1.95. The number of halogens is 3. The summed E-state index contributed by atoms with van der Waals surface area (Å²) in [4.78, 5) is 13.2. The lowest BCUT2D eigenvalue weighted by Gasteiger charge is -2.34. The Hall–Kier alpha value is -1.56. The van der Waals surface area contributed by atoms with Gasteiger partial charge in [-0.1, -0.05) is 0 Å². The number of nitrogens with zero attached hydrogens (tertiary/aromatic N) is 1. The molecule has 1 amide bonds. The first kappa shape index (κ1) is 13.9. The molecule has 19 heavy (non-hydrogen) atoms. The molecule has 104 valence electrons. The monoisotopic (exact) mass is 273 g/mol. The normalized spacial score (nSPS) is 21.9. The van der Waals surface area contributed by atoms with Gasteiger partial charge >= 0.3 is 0 Å². The van der Waals surface area contributed by atoms with E-state index in [1.165, 1.54) is 11.9 Å². The highest BCUT2D eigenvalue weighted by atomic mass is 19.2. The summed E-state index contributed by atoms with van der Waals surface area (Å²) in [7, 11) is 1.47. The summed E-state index contributed by atoms with van der Waals surface area (Å²) in [6.45, 7) is 0.355. The van der Waals surface area contributed by atoms with Crippen LogP contribution in [0.5, 0.6) is 0 Å². The molecule has 1 fully saturated rings. The van der Waals surface area contributed by atoms with Gasteiger partial charge < -0.3 is 10.0 Å². The van der Waals surface area contributed by atoms with Gasteiger partial charge in [-0.2, -0.15) is 0 Å². The Morgan fingerprint density at radius 2 is 1.95 bits per heavy atom. The maximum atomic E-state index is 13.5. The van der Waals surface area contributed by atoms with Gasteiger partial charge in [-0.25, -0.2) is 13.2 Å². The summed E-state index contributed by atoms with van der Waals surface area (Å²) in [5.41, 5.74) is -0.485. The van der Waals surface area contributed by atoms with Crippen molar-refractivity contribution < 1.29 is 23.1 Å². The molecule has 0 bridgehead atoms. The second-order valence-electron chi connectivity index (χ2n) is 4.90. The molecule has 0 saturated heterocycles. The molecule has 0 atom stereocenters. The fourth-order valence-electron chi connectivity index (χ4n) is 2.22. The highest BCUT2D eigenvalue weighted by Gasteiger charge is 2.30. The lowest BCUT2D eigenvalue weighted by atomic mass is 9.82. The topological polar surface area (TPSA) is 40.5 Å². The van der Waals surface area contributed by atoms with Crippen LogP contribution in [0.25, 0.3) is 0 Å². The van der Waals surface area contributed by atoms with Gasteiger partial charge in [0, 0.05) is 13.6 Å². The second kappa shape index (κ2) is 5.21. The lowest BCUT2D eigenvalue weighted by Crippen LogP contribution is -2.39. The average Bonchev–Trinajstić information content (AvgIpc) is 2.33. The molecule has 1 N–H and O–H groups in total. The molecule has 1 aromatic rings. The van der Waals surface area contributed by atoms with E-state index in [0.29, 0.717) is 19.4 Å². The van der Waals surface area contributed by atoms with Crippen molar-refractivity contribution in [3.8, 4) is 0 Å². The van der Waals surface area contributed by atoms with Gasteiger partial charge in [0.15, 0.2) is 17.5 Å². The van der Waals surface area contributed by atoms with E-state index in [-0.39, 0.29) is 12.0 Å². The average molecular weight is 273 g/mol. The fraction of sp³-hybridized carbons (Fsp3) is 0.462. The first-order valence-corrected chi connectivity index (χ1v) is 5.97. The Morgan fingerprint density at radius 3 is 2.53 bits per heavy atom. The largest absolute Gasteiger partial charge is 0.393 e. The SMILES string of the molecule is CN(CC1CC(O)C1)C(=O)c1ccc(F)c(F)c1F. The third-order valence-corrected chi connectivity index (χ3v) is 3.36. The van der Waals surface area contributed by atoms with E-state index in [4.69, 9.17) is 5.11 Å². The van der Waals surface area contributed by atoms with E-state index in [1.807, 2.05) is 0 Å². The highest BCUT2D eigenvalue weighted by molar-refractivity contribution is 5.94. The maximum Gasteiger partial charge on any atom is 0.256 e. The number of amides is 1. The zero-order valence-electron chi connectivity index (χ0n) is 10.4. The maximum absolute atomic E-state index is 13.5. The quantitative estimate of drug-likeness (QED) is 0.855. The van der Waals surface area contributed by atoms with E-state index in [9.17, 15) is 18.0 Å². The molecule has 0 unspecified atom stereocenters. The lowest BCUT2D eigenvalue weighted by molar-refractivity contribution is 0.0264. The summed E-state index contributed by atoms with van der Waals surface area (Å²) in [6.07, 6.45) is 0.851. The van der Waals surface area contributed by atoms with Crippen molar-refractivity contribution in [2.75, 3.05) is 13.6 Å². The van der Waals surface area contributed by atoms with Crippen LogP contribution in [-0.2, 0) is 0 Å². The Morgan fingerprint density at radius 1 is 1.32 bits per heavy atom. The molecule has 0 heterocycles. The Bertz CT molecular complexity index is 501. The molecule has 1 aliphatic carbocycles. The predicted molar refractivity (Wildman–Crippen MR) is 62.0 cm³/mol. The van der Waals surface area contributed by atoms with Gasteiger partial charge in [0.1, 0.15) is 0 Å². The zero-order chi connectivity index (χ0) is 14.2. The van der Waals surface area contributed by atoms with Gasteiger partial charge in [0.05, 0.1) is 11.7 Å². The minimum absolute atomic E-state index is 0.164. The van der Waals surface area contributed by atoms with Crippen molar-refractivity contribution in [3.63, 3.8) is 0 Å². The van der Waals surface area contributed by atoms with E-state index in [0.717, 1.165) is 12.1 Å². The first-order chi connectivity index (χ1) is 8.90. The van der Waals surface area contributed by atoms with Crippen LogP contribution in [0.1, 0.15) is 23.2 Å². The van der Waals surface area contributed by atoms with Crippen LogP contribution in [0, 0.1) is 23.4 Å². The Labute approximate surface area is 108 Å². The molecule has 0 radical (unpaired) electrons. The summed E-state index contributed by atoms with van der Waals surface area (Å²) in [5.74, 6) is -4.96. The molecule has 2 rings (SSSR count). The van der Waals surface area contributed by atoms with Crippen LogP contribution in [0.4, 0.5) is 13.2 Å². The van der Waals surface area contributed by atoms with Crippen molar-refractivity contribution in [2.24, 2.45) is 5.92 Å². The molecule has 0 spiro atoms. The van der Waals surface area contributed by atoms with E-state index in [2.05, 4.69) is 0 Å². The summed E-state index contributed by atoms with van der Waals surface area (Å²) < 4.78 is 39.3. The van der Waals surface area contributed by atoms with Crippen LogP contribution in [0.2, 0.25) is 0 Å². The minimum Gasteiger partial charge on any atom is -0.393 e. The molecule has 3 nitrogen and oxygen atoms in total. The van der Waals surface area contributed by atoms with E-state index >= 15 is 0 Å². The van der Waals surface area contributed by atoms with Gasteiger partial charge in [0.2, 0.25) is 0 Å². The number of aliphatic hydroxyl groups is 1. The summed E-state index contributed by atoms with van der Waals surface area (Å²) in [6, 6.07) is 1.66. The summed E-state index contributed by atoms with van der Waals surface area (Å²) in [5, 5.41) is 9.14. The Kier molecular flexibility index (Phi) is 3.80. The third kappa shape index (κ3) is 2.73. The van der Waals surface area contributed by atoms with Crippen molar-refractivity contribution in [2.45, 2.75) is 18.9 Å².